The Kier molecular flexibility index (Phi) is 4.67. The molecule has 0 aliphatic heterocycles. The largest absolute Gasteiger partial charge is 0.365 e. The number of nitrogens with zero attached hydrogens (tertiary/aromatic N) is 2. The molecule has 0 atom stereocenters. The zero-order valence-electron chi connectivity index (χ0n) is 14.0. The van der Waals surface area contributed by atoms with Crippen LogP contribution in [0.5, 0.6) is 0 Å². The molecule has 4 rings (SSSR count). The Labute approximate surface area is 156 Å². The lowest BCUT2D eigenvalue weighted by Crippen LogP contribution is -2.02. The van der Waals surface area contributed by atoms with Gasteiger partial charge in [0.2, 0.25) is 0 Å². The van der Waals surface area contributed by atoms with Crippen molar-refractivity contribution in [3.05, 3.63) is 89.7 Å². The Hall–Kier alpha value is -3.11. The van der Waals surface area contributed by atoms with Crippen LogP contribution in [0.15, 0.2) is 79.1 Å². The molecule has 0 radical (unpaired) electrons. The lowest BCUT2D eigenvalue weighted by Gasteiger charge is -2.11. The summed E-state index contributed by atoms with van der Waals surface area (Å²) in [6.07, 6.45) is 3.61. The van der Waals surface area contributed by atoms with Crippen LogP contribution in [0.1, 0.15) is 5.56 Å². The van der Waals surface area contributed by atoms with E-state index in [-0.39, 0.29) is 0 Å². The molecule has 0 unspecified atom stereocenters. The maximum atomic E-state index is 6.15. The molecule has 128 valence electrons. The minimum Gasteiger partial charge on any atom is -0.365 e. The van der Waals surface area contributed by atoms with E-state index in [4.69, 9.17) is 11.6 Å². The third-order valence-corrected chi connectivity index (χ3v) is 4.39. The summed E-state index contributed by atoms with van der Waals surface area (Å²) in [6.45, 7) is 0.704. The molecule has 2 N–H and O–H groups in total. The number of H-pyrrole nitrogens is 1. The van der Waals surface area contributed by atoms with Gasteiger partial charge in [0, 0.05) is 34.5 Å². The highest BCUT2D eigenvalue weighted by molar-refractivity contribution is 6.30. The van der Waals surface area contributed by atoms with E-state index in [2.05, 4.69) is 32.6 Å². The van der Waals surface area contributed by atoms with Crippen LogP contribution in [-0.4, -0.2) is 15.2 Å². The van der Waals surface area contributed by atoms with E-state index < -0.39 is 0 Å². The average molecular weight is 361 g/mol. The van der Waals surface area contributed by atoms with E-state index in [9.17, 15) is 0 Å². The van der Waals surface area contributed by atoms with Crippen molar-refractivity contribution in [1.82, 2.24) is 15.2 Å². The van der Waals surface area contributed by atoms with Gasteiger partial charge < -0.3 is 5.32 Å². The van der Waals surface area contributed by atoms with Crippen LogP contribution in [-0.2, 0) is 6.54 Å². The van der Waals surface area contributed by atoms with E-state index in [0.29, 0.717) is 11.6 Å². The zero-order chi connectivity index (χ0) is 17.8. The fourth-order valence-corrected chi connectivity index (χ4v) is 3.09. The molecule has 0 amide bonds. The summed E-state index contributed by atoms with van der Waals surface area (Å²) in [5, 5.41) is 11.4. The van der Waals surface area contributed by atoms with Gasteiger partial charge in [-0.3, -0.25) is 5.10 Å². The summed E-state index contributed by atoms with van der Waals surface area (Å²) in [5.74, 6) is 0.820. The van der Waals surface area contributed by atoms with Crippen molar-refractivity contribution in [2.75, 3.05) is 5.32 Å². The Bertz CT molecular complexity index is 1010. The first-order valence-corrected chi connectivity index (χ1v) is 8.71. The van der Waals surface area contributed by atoms with Gasteiger partial charge >= 0.3 is 0 Å². The van der Waals surface area contributed by atoms with Gasteiger partial charge in [-0.1, -0.05) is 54.1 Å². The standard InChI is InChI=1S/C21H17ClN4/c22-17-9-4-8-16(12-17)20-19(14-25-26-20)18-10-5-11-23-21(18)24-13-15-6-2-1-3-7-15/h1-12,14H,13H2,(H,23,24)(H,25,26). The molecule has 0 saturated heterocycles. The molecular weight excluding hydrogens is 344 g/mol. The van der Waals surface area contributed by atoms with Crippen molar-refractivity contribution in [2.45, 2.75) is 6.54 Å². The molecule has 4 aromatic rings. The van der Waals surface area contributed by atoms with Crippen LogP contribution in [0.4, 0.5) is 5.82 Å². The molecule has 26 heavy (non-hydrogen) atoms. The highest BCUT2D eigenvalue weighted by atomic mass is 35.5. The number of aromatic nitrogens is 3. The molecule has 4 nitrogen and oxygen atoms in total. The lowest BCUT2D eigenvalue weighted by molar-refractivity contribution is 1.10. The number of hydrogen-bond donors (Lipinski definition) is 2. The van der Waals surface area contributed by atoms with E-state index in [1.54, 1.807) is 6.20 Å². The third-order valence-electron chi connectivity index (χ3n) is 4.15. The summed E-state index contributed by atoms with van der Waals surface area (Å²) in [5.41, 5.74) is 5.08. The first-order valence-electron chi connectivity index (χ1n) is 8.34. The number of hydrogen-bond acceptors (Lipinski definition) is 3. The normalized spacial score (nSPS) is 10.7. The van der Waals surface area contributed by atoms with Crippen LogP contribution in [0.25, 0.3) is 22.4 Å². The van der Waals surface area contributed by atoms with Gasteiger partial charge in [-0.25, -0.2) is 4.98 Å². The van der Waals surface area contributed by atoms with E-state index in [0.717, 1.165) is 28.2 Å². The number of anilines is 1. The maximum absolute atomic E-state index is 6.15. The number of rotatable bonds is 5. The van der Waals surface area contributed by atoms with Gasteiger partial charge in [-0.05, 0) is 29.8 Å². The summed E-state index contributed by atoms with van der Waals surface area (Å²) in [7, 11) is 0. The Balaban J connectivity index is 1.68. The molecule has 0 fully saturated rings. The molecule has 2 aromatic heterocycles. The number of pyridine rings is 1. The molecule has 0 saturated carbocycles. The van der Waals surface area contributed by atoms with Gasteiger partial charge in [-0.2, -0.15) is 5.10 Å². The first kappa shape index (κ1) is 16.4. The van der Waals surface area contributed by atoms with Gasteiger partial charge in [0.25, 0.3) is 0 Å². The number of aromatic amines is 1. The fourth-order valence-electron chi connectivity index (χ4n) is 2.90. The second kappa shape index (κ2) is 7.42. The van der Waals surface area contributed by atoms with Crippen molar-refractivity contribution in [1.29, 1.82) is 0 Å². The molecule has 0 aliphatic rings. The van der Waals surface area contributed by atoms with Crippen molar-refractivity contribution < 1.29 is 0 Å². The Morgan fingerprint density at radius 2 is 1.81 bits per heavy atom. The van der Waals surface area contributed by atoms with Gasteiger partial charge in [-0.15, -0.1) is 0 Å². The van der Waals surface area contributed by atoms with Gasteiger partial charge in [0.1, 0.15) is 5.82 Å². The summed E-state index contributed by atoms with van der Waals surface area (Å²) < 4.78 is 0. The minimum absolute atomic E-state index is 0.691. The molecule has 2 heterocycles. The molecular formula is C21H17ClN4. The molecule has 2 aromatic carbocycles. The smallest absolute Gasteiger partial charge is 0.134 e. The average Bonchev–Trinajstić information content (AvgIpc) is 3.17. The van der Waals surface area contributed by atoms with Crippen LogP contribution in [0.2, 0.25) is 5.02 Å². The predicted octanol–water partition coefficient (Wildman–Crippen LogP) is 5.40. The third kappa shape index (κ3) is 3.46. The minimum atomic E-state index is 0.691. The SMILES string of the molecule is Clc1cccc(-c2[nH]ncc2-c2cccnc2NCc2ccccc2)c1. The van der Waals surface area contributed by atoms with Crippen molar-refractivity contribution >= 4 is 17.4 Å². The van der Waals surface area contributed by atoms with E-state index in [1.165, 1.54) is 5.56 Å². The molecule has 5 heteroatoms. The van der Waals surface area contributed by atoms with Crippen molar-refractivity contribution in [2.24, 2.45) is 0 Å². The number of nitrogens with one attached hydrogen (secondary N) is 2. The predicted molar refractivity (Wildman–Crippen MR) is 106 cm³/mol. The first-order chi connectivity index (χ1) is 12.8. The van der Waals surface area contributed by atoms with Crippen molar-refractivity contribution in [3.8, 4) is 22.4 Å². The maximum Gasteiger partial charge on any atom is 0.134 e. The summed E-state index contributed by atoms with van der Waals surface area (Å²) >= 11 is 6.15. The Morgan fingerprint density at radius 1 is 0.923 bits per heavy atom. The number of benzene rings is 2. The van der Waals surface area contributed by atoms with Crippen LogP contribution < -0.4 is 5.32 Å². The van der Waals surface area contributed by atoms with Crippen molar-refractivity contribution in [3.63, 3.8) is 0 Å². The van der Waals surface area contributed by atoms with Crippen LogP contribution in [0, 0.1) is 0 Å². The molecule has 0 spiro atoms. The van der Waals surface area contributed by atoms with Gasteiger partial charge in [0.05, 0.1) is 11.9 Å². The highest BCUT2D eigenvalue weighted by Gasteiger charge is 2.14. The fraction of sp³-hybridized carbons (Fsp3) is 0.0476. The Morgan fingerprint density at radius 3 is 2.65 bits per heavy atom. The van der Waals surface area contributed by atoms with Crippen LogP contribution >= 0.6 is 11.6 Å². The van der Waals surface area contributed by atoms with Gasteiger partial charge in [0.15, 0.2) is 0 Å². The second-order valence-electron chi connectivity index (χ2n) is 5.91. The zero-order valence-corrected chi connectivity index (χ0v) is 14.7. The molecule has 0 bridgehead atoms. The lowest BCUT2D eigenvalue weighted by atomic mass is 10.0. The number of halogens is 1. The van der Waals surface area contributed by atoms with E-state index >= 15 is 0 Å². The van der Waals surface area contributed by atoms with E-state index in [1.807, 2.05) is 60.8 Å². The highest BCUT2D eigenvalue weighted by Crippen LogP contribution is 2.34. The monoisotopic (exact) mass is 360 g/mol. The second-order valence-corrected chi connectivity index (χ2v) is 6.34. The quantitative estimate of drug-likeness (QED) is 0.500. The molecule has 0 aliphatic carbocycles. The summed E-state index contributed by atoms with van der Waals surface area (Å²) in [6, 6.07) is 21.9. The topological polar surface area (TPSA) is 53.6 Å². The summed E-state index contributed by atoms with van der Waals surface area (Å²) in [4.78, 5) is 4.52. The van der Waals surface area contributed by atoms with Crippen LogP contribution in [0.3, 0.4) is 0 Å².